The highest BCUT2D eigenvalue weighted by Crippen LogP contribution is 2.43. The van der Waals surface area contributed by atoms with Crippen molar-refractivity contribution in [2.45, 2.75) is 33.1 Å². The van der Waals surface area contributed by atoms with E-state index in [4.69, 9.17) is 18.9 Å². The summed E-state index contributed by atoms with van der Waals surface area (Å²) in [6, 6.07) is 11.0. The summed E-state index contributed by atoms with van der Waals surface area (Å²) >= 11 is 0. The normalized spacial score (nSPS) is 11.4. The minimum Gasteiger partial charge on any atom is -0.496 e. The van der Waals surface area contributed by atoms with Crippen LogP contribution in [0.15, 0.2) is 36.4 Å². The zero-order chi connectivity index (χ0) is 20.0. The third-order valence-corrected chi connectivity index (χ3v) is 4.10. The number of carbonyl (C=O) groups is 2. The van der Waals surface area contributed by atoms with Crippen LogP contribution in [-0.4, -0.2) is 26.2 Å². The number of para-hydroxylation sites is 1. The molecule has 0 bridgehead atoms. The summed E-state index contributed by atoms with van der Waals surface area (Å²) < 4.78 is 21.5. The molecule has 1 atom stereocenters. The molecule has 0 aliphatic rings. The van der Waals surface area contributed by atoms with Crippen LogP contribution >= 0.6 is 0 Å². The van der Waals surface area contributed by atoms with E-state index >= 15 is 0 Å². The molecule has 0 radical (unpaired) electrons. The van der Waals surface area contributed by atoms with Crippen molar-refractivity contribution in [3.8, 4) is 23.0 Å². The van der Waals surface area contributed by atoms with Gasteiger partial charge < -0.3 is 18.9 Å². The number of hydrogen-bond donors (Lipinski definition) is 0. The smallest absolute Gasteiger partial charge is 0.308 e. The number of carbonyl (C=O) groups excluding carboxylic acids is 2. The largest absolute Gasteiger partial charge is 0.496 e. The van der Waals surface area contributed by atoms with Gasteiger partial charge in [0.25, 0.3) is 0 Å². The van der Waals surface area contributed by atoms with E-state index in [1.165, 1.54) is 21.0 Å². The molecule has 0 saturated heterocycles. The average molecular weight is 372 g/mol. The van der Waals surface area contributed by atoms with Crippen LogP contribution in [0.2, 0.25) is 0 Å². The van der Waals surface area contributed by atoms with Gasteiger partial charge in [0.2, 0.25) is 0 Å². The monoisotopic (exact) mass is 372 g/mol. The van der Waals surface area contributed by atoms with Gasteiger partial charge in [0, 0.05) is 37.0 Å². The Morgan fingerprint density at radius 2 is 1.37 bits per heavy atom. The number of rotatable bonds is 7. The van der Waals surface area contributed by atoms with Crippen molar-refractivity contribution in [1.82, 2.24) is 0 Å². The molecule has 0 aliphatic heterocycles. The number of ether oxygens (including phenoxy) is 4. The lowest BCUT2D eigenvalue weighted by atomic mass is 9.87. The number of benzene rings is 2. The fourth-order valence-electron chi connectivity index (χ4n) is 3.04. The van der Waals surface area contributed by atoms with E-state index in [0.717, 1.165) is 23.3 Å². The zero-order valence-electron chi connectivity index (χ0n) is 16.2. The lowest BCUT2D eigenvalue weighted by Gasteiger charge is -2.22. The van der Waals surface area contributed by atoms with Crippen LogP contribution in [0.4, 0.5) is 0 Å². The average Bonchev–Trinajstić information content (AvgIpc) is 2.63. The first-order valence-electron chi connectivity index (χ1n) is 8.62. The Kier molecular flexibility index (Phi) is 6.82. The second-order valence-corrected chi connectivity index (χ2v) is 5.93. The molecule has 144 valence electrons. The Morgan fingerprint density at radius 1 is 0.815 bits per heavy atom. The van der Waals surface area contributed by atoms with Gasteiger partial charge in [-0.05, 0) is 18.6 Å². The van der Waals surface area contributed by atoms with Gasteiger partial charge >= 0.3 is 11.9 Å². The number of esters is 2. The molecule has 6 heteroatoms. The van der Waals surface area contributed by atoms with E-state index in [-0.39, 0.29) is 17.4 Å². The predicted octanol–water partition coefficient (Wildman–Crippen LogP) is 4.10. The fourth-order valence-corrected chi connectivity index (χ4v) is 3.04. The number of methoxy groups -OCH3 is 2. The van der Waals surface area contributed by atoms with E-state index in [0.29, 0.717) is 5.75 Å². The maximum atomic E-state index is 11.5. The van der Waals surface area contributed by atoms with Crippen LogP contribution in [0.1, 0.15) is 44.2 Å². The molecule has 0 N–H and O–H groups in total. The first kappa shape index (κ1) is 20.3. The molecule has 0 aromatic heterocycles. The van der Waals surface area contributed by atoms with Crippen LogP contribution in [0.5, 0.6) is 23.0 Å². The molecule has 0 heterocycles. The van der Waals surface area contributed by atoms with E-state index in [9.17, 15) is 9.59 Å². The molecule has 0 saturated carbocycles. The highest BCUT2D eigenvalue weighted by molar-refractivity contribution is 5.74. The lowest BCUT2D eigenvalue weighted by Crippen LogP contribution is -2.10. The SMILES string of the molecule is CC[C@@H](c1ccccc1OC)c1cc(OC(C)=O)c(OC(C)=O)cc1OC. The van der Waals surface area contributed by atoms with Crippen LogP contribution in [0.3, 0.4) is 0 Å². The summed E-state index contributed by atoms with van der Waals surface area (Å²) in [6.07, 6.45) is 0.753. The van der Waals surface area contributed by atoms with Gasteiger partial charge in [0.1, 0.15) is 11.5 Å². The van der Waals surface area contributed by atoms with Crippen molar-refractivity contribution < 1.29 is 28.5 Å². The highest BCUT2D eigenvalue weighted by atomic mass is 16.6. The Hall–Kier alpha value is -3.02. The minimum atomic E-state index is -0.519. The van der Waals surface area contributed by atoms with Gasteiger partial charge in [0.15, 0.2) is 11.5 Å². The third-order valence-electron chi connectivity index (χ3n) is 4.10. The van der Waals surface area contributed by atoms with Gasteiger partial charge in [-0.1, -0.05) is 25.1 Å². The molecule has 2 aromatic carbocycles. The summed E-state index contributed by atoms with van der Waals surface area (Å²) in [4.78, 5) is 22.9. The Balaban J connectivity index is 2.65. The van der Waals surface area contributed by atoms with Crippen molar-refractivity contribution in [1.29, 1.82) is 0 Å². The lowest BCUT2D eigenvalue weighted by molar-refractivity contribution is -0.134. The van der Waals surface area contributed by atoms with Gasteiger partial charge in [-0.2, -0.15) is 0 Å². The Morgan fingerprint density at radius 3 is 1.89 bits per heavy atom. The summed E-state index contributed by atoms with van der Waals surface area (Å²) in [6.45, 7) is 4.61. The van der Waals surface area contributed by atoms with E-state index in [1.807, 2.05) is 31.2 Å². The maximum absolute atomic E-state index is 11.5. The third kappa shape index (κ3) is 4.78. The Labute approximate surface area is 159 Å². The van der Waals surface area contributed by atoms with Gasteiger partial charge in [-0.25, -0.2) is 0 Å². The van der Waals surface area contributed by atoms with Crippen molar-refractivity contribution >= 4 is 11.9 Å². The van der Waals surface area contributed by atoms with Crippen LogP contribution in [-0.2, 0) is 9.59 Å². The second kappa shape index (κ2) is 9.07. The molecule has 0 amide bonds. The van der Waals surface area contributed by atoms with Gasteiger partial charge in [-0.15, -0.1) is 0 Å². The highest BCUT2D eigenvalue weighted by Gasteiger charge is 2.24. The van der Waals surface area contributed by atoms with Crippen LogP contribution in [0.25, 0.3) is 0 Å². The molecular weight excluding hydrogens is 348 g/mol. The summed E-state index contributed by atoms with van der Waals surface area (Å²) in [5.74, 6) is 0.482. The first-order chi connectivity index (χ1) is 12.9. The van der Waals surface area contributed by atoms with Crippen LogP contribution in [0, 0.1) is 0 Å². The summed E-state index contributed by atoms with van der Waals surface area (Å²) in [5, 5.41) is 0. The first-order valence-corrected chi connectivity index (χ1v) is 8.62. The van der Waals surface area contributed by atoms with E-state index in [2.05, 4.69) is 0 Å². The number of hydrogen-bond acceptors (Lipinski definition) is 6. The topological polar surface area (TPSA) is 71.1 Å². The minimum absolute atomic E-state index is 0.0724. The molecule has 2 aromatic rings. The van der Waals surface area contributed by atoms with E-state index in [1.54, 1.807) is 19.2 Å². The van der Waals surface area contributed by atoms with Gasteiger partial charge in [-0.3, -0.25) is 9.59 Å². The second-order valence-electron chi connectivity index (χ2n) is 5.93. The molecule has 0 spiro atoms. The van der Waals surface area contributed by atoms with Gasteiger partial charge in [0.05, 0.1) is 14.2 Å². The molecule has 2 rings (SSSR count). The van der Waals surface area contributed by atoms with Crippen molar-refractivity contribution in [2.24, 2.45) is 0 Å². The standard InChI is InChI=1S/C21H24O6/c1-6-15(16-9-7-8-10-18(16)24-4)17-11-20(26-13(2)22)21(27-14(3)23)12-19(17)25-5/h7-12,15H,6H2,1-5H3/t15-/m0/s1. The molecule has 0 aliphatic carbocycles. The van der Waals surface area contributed by atoms with Crippen LogP contribution < -0.4 is 18.9 Å². The quantitative estimate of drug-likeness (QED) is 0.538. The fraction of sp³-hybridized carbons (Fsp3) is 0.333. The van der Waals surface area contributed by atoms with Crippen molar-refractivity contribution in [3.63, 3.8) is 0 Å². The van der Waals surface area contributed by atoms with Crippen molar-refractivity contribution in [3.05, 3.63) is 47.5 Å². The zero-order valence-corrected chi connectivity index (χ0v) is 16.2. The summed E-state index contributed by atoms with van der Waals surface area (Å²) in [5.41, 5.74) is 1.78. The molecule has 0 unspecified atom stereocenters. The molecule has 0 fully saturated rings. The molecular formula is C21H24O6. The van der Waals surface area contributed by atoms with E-state index < -0.39 is 11.9 Å². The molecule has 27 heavy (non-hydrogen) atoms. The Bertz CT molecular complexity index is 827. The summed E-state index contributed by atoms with van der Waals surface area (Å²) in [7, 11) is 3.16. The predicted molar refractivity (Wildman–Crippen MR) is 101 cm³/mol. The van der Waals surface area contributed by atoms with Crippen molar-refractivity contribution in [2.75, 3.05) is 14.2 Å². The molecule has 6 nitrogen and oxygen atoms in total. The maximum Gasteiger partial charge on any atom is 0.308 e.